The number of benzene rings is 1. The number of nitrogens with zero attached hydrogens (tertiary/aromatic N) is 4. The summed E-state index contributed by atoms with van der Waals surface area (Å²) in [5.41, 5.74) is 0.122. The van der Waals surface area contributed by atoms with E-state index in [9.17, 15) is 17.6 Å². The Bertz CT molecular complexity index is 1130. The Balaban J connectivity index is 1.74. The predicted octanol–water partition coefficient (Wildman–Crippen LogP) is 1.41. The smallest absolute Gasteiger partial charge is 0.277 e. The second-order valence-corrected chi connectivity index (χ2v) is 7.75. The summed E-state index contributed by atoms with van der Waals surface area (Å²) < 4.78 is 42.5. The molecule has 0 unspecified atom stereocenters. The van der Waals surface area contributed by atoms with Crippen molar-refractivity contribution in [3.8, 4) is 11.5 Å². The third-order valence-electron chi connectivity index (χ3n) is 3.75. The second kappa shape index (κ2) is 7.59. The largest absolute Gasteiger partial charge is 0.346 e. The number of hydrogen-bond donors (Lipinski definition) is 1. The minimum atomic E-state index is -3.90. The van der Waals surface area contributed by atoms with Crippen LogP contribution >= 0.6 is 11.6 Å². The van der Waals surface area contributed by atoms with Gasteiger partial charge in [-0.3, -0.25) is 9.55 Å². The lowest BCUT2D eigenvalue weighted by Crippen LogP contribution is -2.31. The first-order valence-electron chi connectivity index (χ1n) is 7.79. The lowest BCUT2D eigenvalue weighted by atomic mass is 10.3. The molecule has 0 spiro atoms. The van der Waals surface area contributed by atoms with Gasteiger partial charge in [0.2, 0.25) is 10.0 Å². The van der Waals surface area contributed by atoms with Crippen LogP contribution in [0, 0.1) is 5.82 Å². The van der Waals surface area contributed by atoms with Crippen LogP contribution in [0.3, 0.4) is 0 Å². The normalized spacial score (nSPS) is 11.7. The summed E-state index contributed by atoms with van der Waals surface area (Å²) in [5, 5.41) is 3.90. The number of halogens is 2. The molecule has 0 radical (unpaired) electrons. The van der Waals surface area contributed by atoms with Crippen LogP contribution < -0.4 is 10.4 Å². The maximum atomic E-state index is 13.2. The first-order chi connectivity index (χ1) is 12.8. The van der Waals surface area contributed by atoms with Gasteiger partial charge in [0.25, 0.3) is 0 Å². The summed E-state index contributed by atoms with van der Waals surface area (Å²) >= 11 is 5.62. The molecule has 0 aliphatic heterocycles. The Labute approximate surface area is 159 Å². The molecule has 1 N–H and O–H groups in total. The minimum Gasteiger partial charge on any atom is -0.277 e. The van der Waals surface area contributed by atoms with E-state index in [0.717, 1.165) is 22.9 Å². The molecule has 142 valence electrons. The summed E-state index contributed by atoms with van der Waals surface area (Å²) in [4.78, 5) is 16.2. The van der Waals surface area contributed by atoms with Crippen LogP contribution in [0.5, 0.6) is 0 Å². The molecule has 0 bridgehead atoms. The molecule has 3 aromatic rings. The van der Waals surface area contributed by atoms with Gasteiger partial charge in [-0.15, -0.1) is 5.10 Å². The highest BCUT2D eigenvalue weighted by Gasteiger charge is 2.17. The molecule has 27 heavy (non-hydrogen) atoms. The third kappa shape index (κ3) is 4.07. The zero-order valence-corrected chi connectivity index (χ0v) is 15.7. The van der Waals surface area contributed by atoms with E-state index in [1.807, 2.05) is 0 Å². The lowest BCUT2D eigenvalue weighted by Gasteiger charge is -2.07. The number of aromatic nitrogens is 4. The summed E-state index contributed by atoms with van der Waals surface area (Å²) in [6, 6.07) is 8.33. The average molecular weight is 412 g/mol. The number of sulfonamides is 1. The van der Waals surface area contributed by atoms with Gasteiger partial charge >= 0.3 is 5.69 Å². The molecule has 2 aromatic heterocycles. The van der Waals surface area contributed by atoms with Crippen molar-refractivity contribution in [3.63, 3.8) is 0 Å². The SMILES string of the molecule is Cn1c(-c2ccccn2)nn(CCNS(=O)(=O)c2ccc(F)c(Cl)c2)c1=O. The molecule has 0 atom stereocenters. The Morgan fingerprint density at radius 1 is 1.26 bits per heavy atom. The first-order valence-corrected chi connectivity index (χ1v) is 9.65. The Morgan fingerprint density at radius 3 is 2.70 bits per heavy atom. The highest BCUT2D eigenvalue weighted by molar-refractivity contribution is 7.89. The monoisotopic (exact) mass is 411 g/mol. The van der Waals surface area contributed by atoms with Crippen molar-refractivity contribution in [2.75, 3.05) is 6.54 Å². The van der Waals surface area contributed by atoms with Crippen LogP contribution in [-0.2, 0) is 23.6 Å². The van der Waals surface area contributed by atoms with Crippen molar-refractivity contribution >= 4 is 21.6 Å². The van der Waals surface area contributed by atoms with Gasteiger partial charge in [-0.25, -0.2) is 27.0 Å². The zero-order chi connectivity index (χ0) is 19.6. The lowest BCUT2D eigenvalue weighted by molar-refractivity contribution is 0.550. The quantitative estimate of drug-likeness (QED) is 0.661. The molecule has 0 fully saturated rings. The standard InChI is InChI=1S/C16H15ClFN5O3S/c1-22-15(14-4-2-3-7-19-14)21-23(16(22)24)9-8-20-27(25,26)11-5-6-13(18)12(17)10-11/h2-7,10,20H,8-9H2,1H3. The summed E-state index contributed by atoms with van der Waals surface area (Å²) in [6.07, 6.45) is 1.58. The van der Waals surface area contributed by atoms with Crippen LogP contribution in [-0.4, -0.2) is 34.3 Å². The van der Waals surface area contributed by atoms with E-state index in [4.69, 9.17) is 11.6 Å². The molecular formula is C16H15ClFN5O3S. The molecule has 8 nitrogen and oxygen atoms in total. The molecule has 2 heterocycles. The summed E-state index contributed by atoms with van der Waals surface area (Å²) in [7, 11) is -2.35. The maximum Gasteiger partial charge on any atom is 0.346 e. The molecule has 0 saturated heterocycles. The van der Waals surface area contributed by atoms with Crippen LogP contribution in [0.15, 0.2) is 52.3 Å². The van der Waals surface area contributed by atoms with Crippen molar-refractivity contribution in [2.24, 2.45) is 7.05 Å². The second-order valence-electron chi connectivity index (χ2n) is 5.58. The fourth-order valence-electron chi connectivity index (χ4n) is 2.36. The summed E-state index contributed by atoms with van der Waals surface area (Å²) in [5.74, 6) is -0.341. The van der Waals surface area contributed by atoms with Crippen LogP contribution in [0.1, 0.15) is 0 Å². The number of hydrogen-bond acceptors (Lipinski definition) is 5. The molecule has 1 aromatic carbocycles. The number of pyridine rings is 1. The van der Waals surface area contributed by atoms with Gasteiger partial charge in [-0.05, 0) is 30.3 Å². The molecule has 0 aliphatic carbocycles. The van der Waals surface area contributed by atoms with Gasteiger partial charge in [0.05, 0.1) is 16.5 Å². The predicted molar refractivity (Wildman–Crippen MR) is 97.3 cm³/mol. The van der Waals surface area contributed by atoms with Gasteiger partial charge in [0, 0.05) is 19.8 Å². The Kier molecular flexibility index (Phi) is 5.40. The van der Waals surface area contributed by atoms with Gasteiger partial charge in [-0.1, -0.05) is 17.7 Å². The highest BCUT2D eigenvalue weighted by Crippen LogP contribution is 2.19. The van der Waals surface area contributed by atoms with Crippen LogP contribution in [0.4, 0.5) is 4.39 Å². The molecular weight excluding hydrogens is 397 g/mol. The van der Waals surface area contributed by atoms with Gasteiger partial charge < -0.3 is 0 Å². The van der Waals surface area contributed by atoms with E-state index in [-0.39, 0.29) is 23.0 Å². The van der Waals surface area contributed by atoms with E-state index < -0.39 is 21.5 Å². The number of nitrogens with one attached hydrogen (secondary N) is 1. The minimum absolute atomic E-state index is 0.00760. The van der Waals surface area contributed by atoms with Crippen molar-refractivity contribution in [3.05, 3.63) is 63.9 Å². The van der Waals surface area contributed by atoms with E-state index in [0.29, 0.717) is 11.5 Å². The molecule has 11 heteroatoms. The highest BCUT2D eigenvalue weighted by atomic mass is 35.5. The van der Waals surface area contributed by atoms with Crippen LogP contribution in [0.2, 0.25) is 5.02 Å². The zero-order valence-electron chi connectivity index (χ0n) is 14.1. The molecule has 0 amide bonds. The summed E-state index contributed by atoms with van der Waals surface area (Å²) in [6.45, 7) is -0.0798. The first kappa shape index (κ1) is 19.2. The van der Waals surface area contributed by atoms with Crippen molar-refractivity contribution in [1.82, 2.24) is 24.1 Å². The molecule has 0 saturated carbocycles. The van der Waals surface area contributed by atoms with Gasteiger partial charge in [-0.2, -0.15) is 0 Å². The van der Waals surface area contributed by atoms with Crippen molar-refractivity contribution < 1.29 is 12.8 Å². The Hall–Kier alpha value is -2.56. The van der Waals surface area contributed by atoms with E-state index in [1.165, 1.54) is 4.57 Å². The van der Waals surface area contributed by atoms with E-state index >= 15 is 0 Å². The van der Waals surface area contributed by atoms with Gasteiger partial charge in [0.15, 0.2) is 5.82 Å². The van der Waals surface area contributed by atoms with Crippen LogP contribution in [0.25, 0.3) is 11.5 Å². The van der Waals surface area contributed by atoms with Crippen molar-refractivity contribution in [2.45, 2.75) is 11.4 Å². The third-order valence-corrected chi connectivity index (χ3v) is 5.50. The molecule has 0 aliphatic rings. The van der Waals surface area contributed by atoms with E-state index in [2.05, 4.69) is 14.8 Å². The molecule has 3 rings (SSSR count). The number of rotatable bonds is 6. The fourth-order valence-corrected chi connectivity index (χ4v) is 3.66. The Morgan fingerprint density at radius 2 is 2.04 bits per heavy atom. The maximum absolute atomic E-state index is 13.2. The van der Waals surface area contributed by atoms with E-state index in [1.54, 1.807) is 31.4 Å². The van der Waals surface area contributed by atoms with Crippen molar-refractivity contribution in [1.29, 1.82) is 0 Å². The average Bonchev–Trinajstić information content (AvgIpc) is 2.93. The van der Waals surface area contributed by atoms with Gasteiger partial charge in [0.1, 0.15) is 11.5 Å². The fraction of sp³-hybridized carbons (Fsp3) is 0.188. The topological polar surface area (TPSA) is 98.9 Å².